The number of imidazole rings is 1. The van der Waals surface area contributed by atoms with Crippen molar-refractivity contribution in [2.75, 3.05) is 6.79 Å². The lowest BCUT2D eigenvalue weighted by atomic mass is 10.2. The van der Waals surface area contributed by atoms with E-state index in [0.29, 0.717) is 6.79 Å². The summed E-state index contributed by atoms with van der Waals surface area (Å²) >= 11 is 0. The van der Waals surface area contributed by atoms with Crippen LogP contribution in [0.1, 0.15) is 12.8 Å². The highest BCUT2D eigenvalue weighted by atomic mass is 16.7. The van der Waals surface area contributed by atoms with Crippen molar-refractivity contribution in [2.24, 2.45) is 5.92 Å². The van der Waals surface area contributed by atoms with Gasteiger partial charge in [0.1, 0.15) is 5.82 Å². The number of benzene rings is 2. The predicted molar refractivity (Wildman–Crippen MR) is 84.0 cm³/mol. The van der Waals surface area contributed by atoms with E-state index in [9.17, 15) is 0 Å². The molecule has 2 aromatic carbocycles. The van der Waals surface area contributed by atoms with Gasteiger partial charge in [-0.05, 0) is 49.1 Å². The summed E-state index contributed by atoms with van der Waals surface area (Å²) in [7, 11) is 0. The molecule has 4 heteroatoms. The fourth-order valence-electron chi connectivity index (χ4n) is 3.07. The topological polar surface area (TPSA) is 36.3 Å². The van der Waals surface area contributed by atoms with Crippen LogP contribution in [0.25, 0.3) is 22.4 Å². The number of hydrogen-bond donors (Lipinski definition) is 0. The van der Waals surface area contributed by atoms with Crippen molar-refractivity contribution < 1.29 is 9.47 Å². The lowest BCUT2D eigenvalue weighted by molar-refractivity contribution is 0.174. The van der Waals surface area contributed by atoms with E-state index in [-0.39, 0.29) is 0 Å². The van der Waals surface area contributed by atoms with E-state index in [4.69, 9.17) is 14.5 Å². The Bertz CT molecular complexity index is 865. The fraction of sp³-hybridized carbons (Fsp3) is 0.278. The van der Waals surface area contributed by atoms with Gasteiger partial charge in [-0.1, -0.05) is 12.1 Å². The molecule has 0 unspecified atom stereocenters. The minimum absolute atomic E-state index is 0.303. The summed E-state index contributed by atoms with van der Waals surface area (Å²) < 4.78 is 13.3. The molecule has 0 radical (unpaired) electrons. The van der Waals surface area contributed by atoms with Crippen LogP contribution < -0.4 is 9.47 Å². The van der Waals surface area contributed by atoms with Crippen LogP contribution in [-0.2, 0) is 6.54 Å². The number of nitrogens with zero attached hydrogens (tertiary/aromatic N) is 2. The Morgan fingerprint density at radius 3 is 2.82 bits per heavy atom. The van der Waals surface area contributed by atoms with Crippen LogP contribution in [0, 0.1) is 5.92 Å². The first-order valence-corrected chi connectivity index (χ1v) is 7.74. The monoisotopic (exact) mass is 292 g/mol. The molecule has 0 bridgehead atoms. The molecule has 0 N–H and O–H groups in total. The zero-order valence-corrected chi connectivity index (χ0v) is 12.2. The first-order chi connectivity index (χ1) is 10.9. The van der Waals surface area contributed by atoms with Crippen LogP contribution >= 0.6 is 0 Å². The second-order valence-corrected chi connectivity index (χ2v) is 6.05. The highest BCUT2D eigenvalue weighted by molar-refractivity contribution is 5.81. The summed E-state index contributed by atoms with van der Waals surface area (Å²) in [5, 5.41) is 0. The number of rotatable bonds is 3. The van der Waals surface area contributed by atoms with E-state index in [1.807, 2.05) is 18.2 Å². The Balaban J connectivity index is 1.69. The first-order valence-electron chi connectivity index (χ1n) is 7.74. The maximum absolute atomic E-state index is 5.51. The molecule has 110 valence electrons. The lowest BCUT2D eigenvalue weighted by Crippen LogP contribution is -2.02. The van der Waals surface area contributed by atoms with E-state index < -0.39 is 0 Å². The van der Waals surface area contributed by atoms with E-state index in [0.717, 1.165) is 40.9 Å². The van der Waals surface area contributed by atoms with Gasteiger partial charge in [-0.3, -0.25) is 0 Å². The number of ether oxygens (including phenoxy) is 2. The third-order valence-electron chi connectivity index (χ3n) is 4.42. The van der Waals surface area contributed by atoms with Crippen molar-refractivity contribution in [3.63, 3.8) is 0 Å². The van der Waals surface area contributed by atoms with Gasteiger partial charge < -0.3 is 14.0 Å². The molecule has 4 nitrogen and oxygen atoms in total. The molecule has 1 aliphatic carbocycles. The maximum Gasteiger partial charge on any atom is 0.231 e. The minimum Gasteiger partial charge on any atom is -0.454 e. The molecular formula is C18H16N2O2. The Morgan fingerprint density at radius 1 is 1.05 bits per heavy atom. The van der Waals surface area contributed by atoms with Gasteiger partial charge in [-0.2, -0.15) is 0 Å². The molecule has 22 heavy (non-hydrogen) atoms. The fourth-order valence-corrected chi connectivity index (χ4v) is 3.07. The Hall–Kier alpha value is -2.49. The highest BCUT2D eigenvalue weighted by Gasteiger charge is 2.25. The van der Waals surface area contributed by atoms with E-state index in [1.165, 1.54) is 18.4 Å². The molecule has 0 spiro atoms. The average molecular weight is 292 g/mol. The van der Waals surface area contributed by atoms with Crippen molar-refractivity contribution in [3.05, 3.63) is 42.5 Å². The minimum atomic E-state index is 0.303. The summed E-state index contributed by atoms with van der Waals surface area (Å²) in [4.78, 5) is 4.86. The molecule has 0 amide bonds. The third-order valence-corrected chi connectivity index (χ3v) is 4.42. The van der Waals surface area contributed by atoms with Crippen LogP contribution in [0.5, 0.6) is 11.5 Å². The molecule has 2 heterocycles. The SMILES string of the molecule is c1ccc2c(c1)nc(-c1ccc3c(c1)OCO3)n2CC1CC1. The molecule has 0 atom stereocenters. The smallest absolute Gasteiger partial charge is 0.231 e. The molecule has 1 fully saturated rings. The molecular weight excluding hydrogens is 276 g/mol. The average Bonchev–Trinajstić information content (AvgIpc) is 3.11. The van der Waals surface area contributed by atoms with Crippen molar-refractivity contribution in [3.8, 4) is 22.9 Å². The number of fused-ring (bicyclic) bond motifs is 2. The van der Waals surface area contributed by atoms with Crippen molar-refractivity contribution >= 4 is 11.0 Å². The summed E-state index contributed by atoms with van der Waals surface area (Å²) in [5.41, 5.74) is 3.35. The second-order valence-electron chi connectivity index (χ2n) is 6.05. The van der Waals surface area contributed by atoms with Crippen molar-refractivity contribution in [1.29, 1.82) is 0 Å². The van der Waals surface area contributed by atoms with Gasteiger partial charge in [-0.15, -0.1) is 0 Å². The molecule has 1 aliphatic heterocycles. The number of aromatic nitrogens is 2. The Kier molecular flexibility index (Phi) is 2.47. The normalized spacial score (nSPS) is 16.4. The number of hydrogen-bond acceptors (Lipinski definition) is 3. The van der Waals surface area contributed by atoms with Gasteiger partial charge in [0.05, 0.1) is 11.0 Å². The van der Waals surface area contributed by atoms with Gasteiger partial charge in [0.15, 0.2) is 11.5 Å². The van der Waals surface area contributed by atoms with E-state index in [1.54, 1.807) is 0 Å². The van der Waals surface area contributed by atoms with E-state index in [2.05, 4.69) is 28.8 Å². The van der Waals surface area contributed by atoms with Gasteiger partial charge in [0.25, 0.3) is 0 Å². The van der Waals surface area contributed by atoms with Crippen LogP contribution in [0.3, 0.4) is 0 Å². The van der Waals surface area contributed by atoms with Gasteiger partial charge in [0.2, 0.25) is 6.79 Å². The van der Waals surface area contributed by atoms with Gasteiger partial charge >= 0.3 is 0 Å². The standard InChI is InChI=1S/C18H16N2O2/c1-2-4-15-14(3-1)19-18(20(15)10-12-5-6-12)13-7-8-16-17(9-13)22-11-21-16/h1-4,7-9,12H,5-6,10-11H2. The van der Waals surface area contributed by atoms with Crippen LogP contribution in [-0.4, -0.2) is 16.3 Å². The van der Waals surface area contributed by atoms with Crippen molar-refractivity contribution in [2.45, 2.75) is 19.4 Å². The van der Waals surface area contributed by atoms with Crippen LogP contribution in [0.15, 0.2) is 42.5 Å². The summed E-state index contributed by atoms with van der Waals surface area (Å²) in [6, 6.07) is 14.4. The maximum atomic E-state index is 5.51. The molecule has 3 aromatic rings. The Labute approximate surface area is 128 Å². The largest absolute Gasteiger partial charge is 0.454 e. The predicted octanol–water partition coefficient (Wildman–Crippen LogP) is 3.84. The molecule has 2 aliphatic rings. The first kappa shape index (κ1) is 12.1. The third kappa shape index (κ3) is 1.87. The Morgan fingerprint density at radius 2 is 1.91 bits per heavy atom. The van der Waals surface area contributed by atoms with Gasteiger partial charge in [-0.25, -0.2) is 4.98 Å². The van der Waals surface area contributed by atoms with Crippen LogP contribution in [0.4, 0.5) is 0 Å². The zero-order chi connectivity index (χ0) is 14.5. The zero-order valence-electron chi connectivity index (χ0n) is 12.2. The number of para-hydroxylation sites is 2. The highest BCUT2D eigenvalue weighted by Crippen LogP contribution is 2.38. The molecule has 5 rings (SSSR count). The van der Waals surface area contributed by atoms with Crippen LogP contribution in [0.2, 0.25) is 0 Å². The molecule has 0 saturated heterocycles. The lowest BCUT2D eigenvalue weighted by Gasteiger charge is -2.09. The summed E-state index contributed by atoms with van der Waals surface area (Å²) in [6.45, 7) is 1.35. The van der Waals surface area contributed by atoms with E-state index >= 15 is 0 Å². The molecule has 1 aromatic heterocycles. The molecule has 1 saturated carbocycles. The quantitative estimate of drug-likeness (QED) is 0.736. The summed E-state index contributed by atoms with van der Waals surface area (Å²) in [5.74, 6) is 3.44. The van der Waals surface area contributed by atoms with Crippen molar-refractivity contribution in [1.82, 2.24) is 9.55 Å². The summed E-state index contributed by atoms with van der Waals surface area (Å²) in [6.07, 6.45) is 2.65. The second kappa shape index (κ2) is 4.50. The van der Waals surface area contributed by atoms with Gasteiger partial charge in [0, 0.05) is 12.1 Å².